The van der Waals surface area contributed by atoms with Crippen LogP contribution < -0.4 is 15.8 Å². The number of hydrazine groups is 1. The van der Waals surface area contributed by atoms with Gasteiger partial charge in [0.1, 0.15) is 12.1 Å². The van der Waals surface area contributed by atoms with Crippen molar-refractivity contribution in [3.8, 4) is 0 Å². The maximum Gasteiger partial charge on any atom is 0.355 e. The van der Waals surface area contributed by atoms with Gasteiger partial charge in [0.25, 0.3) is 5.91 Å². The SMILES string of the molecule is CN1CCC(N(C)c2ncnc(NNC(=O)c3ccccc3F)c2[N+](=O)[O-])CC1. The zero-order chi connectivity index (χ0) is 21.0. The Morgan fingerprint density at radius 2 is 2.00 bits per heavy atom. The molecule has 154 valence electrons. The number of amides is 1. The number of nitro groups is 1. The molecule has 0 saturated carbocycles. The number of benzene rings is 1. The molecule has 3 rings (SSSR count). The summed E-state index contributed by atoms with van der Waals surface area (Å²) in [6.45, 7) is 1.77. The monoisotopic (exact) mass is 403 g/mol. The molecule has 2 heterocycles. The number of piperidine rings is 1. The minimum atomic E-state index is -0.777. The minimum Gasteiger partial charge on any atom is -0.351 e. The number of hydrogen-bond donors (Lipinski definition) is 2. The standard InChI is InChI=1S/C18H22FN7O3/c1-24-9-7-12(8-10-24)25(2)17-15(26(28)29)16(20-11-21-17)22-23-18(27)13-5-3-4-6-14(13)19/h3-6,11-12H,7-10H2,1-2H3,(H,23,27)(H,20,21,22). The Bertz CT molecular complexity index is 903. The van der Waals surface area contributed by atoms with Crippen molar-refractivity contribution in [1.29, 1.82) is 0 Å². The van der Waals surface area contributed by atoms with E-state index < -0.39 is 16.6 Å². The molecule has 0 bridgehead atoms. The Morgan fingerprint density at radius 3 is 2.66 bits per heavy atom. The lowest BCUT2D eigenvalue weighted by atomic mass is 10.0. The molecule has 10 nitrogen and oxygen atoms in total. The second kappa shape index (κ2) is 8.78. The number of likely N-dealkylation sites (tertiary alicyclic amines) is 1. The van der Waals surface area contributed by atoms with E-state index in [2.05, 4.69) is 25.7 Å². The van der Waals surface area contributed by atoms with E-state index in [1.807, 2.05) is 7.05 Å². The van der Waals surface area contributed by atoms with E-state index in [1.165, 1.54) is 24.5 Å². The molecule has 0 unspecified atom stereocenters. The van der Waals surface area contributed by atoms with Crippen LogP contribution in [0.4, 0.5) is 21.7 Å². The van der Waals surface area contributed by atoms with Gasteiger partial charge in [-0.1, -0.05) is 12.1 Å². The highest BCUT2D eigenvalue weighted by Crippen LogP contribution is 2.33. The highest BCUT2D eigenvalue weighted by Gasteiger charge is 2.30. The summed E-state index contributed by atoms with van der Waals surface area (Å²) in [4.78, 5) is 35.3. The number of hydrogen-bond acceptors (Lipinski definition) is 8. The summed E-state index contributed by atoms with van der Waals surface area (Å²) in [7, 11) is 3.79. The van der Waals surface area contributed by atoms with Gasteiger partial charge in [-0.05, 0) is 45.1 Å². The summed E-state index contributed by atoms with van der Waals surface area (Å²) < 4.78 is 13.7. The third-order valence-electron chi connectivity index (χ3n) is 4.97. The van der Waals surface area contributed by atoms with E-state index in [-0.39, 0.29) is 28.9 Å². The van der Waals surface area contributed by atoms with Crippen LogP contribution in [0.2, 0.25) is 0 Å². The number of aromatic nitrogens is 2. The predicted octanol–water partition coefficient (Wildman–Crippen LogP) is 1.81. The van der Waals surface area contributed by atoms with Crippen molar-refractivity contribution in [1.82, 2.24) is 20.3 Å². The smallest absolute Gasteiger partial charge is 0.351 e. The number of anilines is 2. The molecule has 1 aromatic heterocycles. The van der Waals surface area contributed by atoms with Crippen LogP contribution in [-0.2, 0) is 0 Å². The van der Waals surface area contributed by atoms with Gasteiger partial charge >= 0.3 is 5.69 Å². The predicted molar refractivity (Wildman–Crippen MR) is 105 cm³/mol. The fourth-order valence-corrected chi connectivity index (χ4v) is 3.27. The first-order valence-electron chi connectivity index (χ1n) is 9.10. The van der Waals surface area contributed by atoms with E-state index in [4.69, 9.17) is 0 Å². The summed E-state index contributed by atoms with van der Waals surface area (Å²) in [6.07, 6.45) is 2.88. The van der Waals surface area contributed by atoms with Gasteiger partial charge in [-0.15, -0.1) is 0 Å². The van der Waals surface area contributed by atoms with E-state index in [0.717, 1.165) is 32.0 Å². The summed E-state index contributed by atoms with van der Waals surface area (Å²) in [5.74, 6) is -1.50. The van der Waals surface area contributed by atoms with Gasteiger partial charge in [0.2, 0.25) is 11.6 Å². The van der Waals surface area contributed by atoms with Gasteiger partial charge in [-0.2, -0.15) is 0 Å². The van der Waals surface area contributed by atoms with Gasteiger partial charge < -0.3 is 9.80 Å². The second-order valence-corrected chi connectivity index (χ2v) is 6.86. The number of nitrogens with one attached hydrogen (secondary N) is 2. The molecule has 0 radical (unpaired) electrons. The zero-order valence-electron chi connectivity index (χ0n) is 16.1. The molecule has 1 aliphatic rings. The largest absolute Gasteiger partial charge is 0.355 e. The van der Waals surface area contributed by atoms with Crippen LogP contribution in [-0.4, -0.2) is 58.9 Å². The first-order valence-corrected chi connectivity index (χ1v) is 9.10. The maximum absolute atomic E-state index is 13.7. The molecule has 11 heteroatoms. The lowest BCUT2D eigenvalue weighted by molar-refractivity contribution is -0.383. The lowest BCUT2D eigenvalue weighted by Gasteiger charge is -2.35. The van der Waals surface area contributed by atoms with Gasteiger partial charge in [0, 0.05) is 13.1 Å². The van der Waals surface area contributed by atoms with Crippen molar-refractivity contribution in [2.24, 2.45) is 0 Å². The first-order chi connectivity index (χ1) is 13.9. The fourth-order valence-electron chi connectivity index (χ4n) is 3.27. The molecule has 1 amide bonds. The summed E-state index contributed by atoms with van der Waals surface area (Å²) in [6, 6.07) is 5.52. The molecule has 2 aromatic rings. The molecular weight excluding hydrogens is 381 g/mol. The lowest BCUT2D eigenvalue weighted by Crippen LogP contribution is -2.42. The first kappa shape index (κ1) is 20.4. The molecule has 1 fully saturated rings. The van der Waals surface area contributed by atoms with Crippen molar-refractivity contribution in [2.45, 2.75) is 18.9 Å². The number of nitrogens with zero attached hydrogens (tertiary/aromatic N) is 5. The zero-order valence-corrected chi connectivity index (χ0v) is 16.1. The molecule has 0 atom stereocenters. The number of carbonyl (C=O) groups is 1. The molecule has 2 N–H and O–H groups in total. The van der Waals surface area contributed by atoms with E-state index in [0.29, 0.717) is 0 Å². The summed E-state index contributed by atoms with van der Waals surface area (Å²) in [5, 5.41) is 11.7. The Balaban J connectivity index is 1.81. The summed E-state index contributed by atoms with van der Waals surface area (Å²) in [5.41, 5.74) is 4.13. The van der Waals surface area contributed by atoms with Crippen LogP contribution in [0.1, 0.15) is 23.2 Å². The topological polar surface area (TPSA) is 117 Å². The van der Waals surface area contributed by atoms with Crippen LogP contribution >= 0.6 is 0 Å². The van der Waals surface area contributed by atoms with Crippen LogP contribution in [0.5, 0.6) is 0 Å². The number of rotatable bonds is 6. The minimum absolute atomic E-state index is 0.0978. The van der Waals surface area contributed by atoms with Gasteiger partial charge in [-0.25, -0.2) is 14.4 Å². The fraction of sp³-hybridized carbons (Fsp3) is 0.389. The van der Waals surface area contributed by atoms with Crippen LogP contribution in [0.3, 0.4) is 0 Å². The van der Waals surface area contributed by atoms with Crippen molar-refractivity contribution >= 4 is 23.2 Å². The van der Waals surface area contributed by atoms with Crippen molar-refractivity contribution in [3.63, 3.8) is 0 Å². The molecule has 1 saturated heterocycles. The van der Waals surface area contributed by atoms with E-state index >= 15 is 0 Å². The van der Waals surface area contributed by atoms with Crippen molar-refractivity contribution in [2.75, 3.05) is 37.5 Å². The van der Waals surface area contributed by atoms with Gasteiger partial charge in [0.05, 0.1) is 10.5 Å². The Morgan fingerprint density at radius 1 is 1.31 bits per heavy atom. The Labute approximate surface area is 166 Å². The quantitative estimate of drug-likeness (QED) is 0.554. The average molecular weight is 403 g/mol. The van der Waals surface area contributed by atoms with Crippen LogP contribution in [0.15, 0.2) is 30.6 Å². The molecule has 1 aromatic carbocycles. The van der Waals surface area contributed by atoms with Gasteiger partial charge in [0.15, 0.2) is 0 Å². The van der Waals surface area contributed by atoms with Crippen LogP contribution in [0, 0.1) is 15.9 Å². The average Bonchev–Trinajstić information content (AvgIpc) is 2.72. The molecule has 29 heavy (non-hydrogen) atoms. The second-order valence-electron chi connectivity index (χ2n) is 6.86. The molecule has 0 spiro atoms. The van der Waals surface area contributed by atoms with Crippen molar-refractivity contribution in [3.05, 3.63) is 52.1 Å². The number of halogens is 1. The summed E-state index contributed by atoms with van der Waals surface area (Å²) >= 11 is 0. The maximum atomic E-state index is 13.7. The highest BCUT2D eigenvalue weighted by molar-refractivity contribution is 5.95. The van der Waals surface area contributed by atoms with Crippen LogP contribution in [0.25, 0.3) is 0 Å². The molecular formula is C18H22FN7O3. The third kappa shape index (κ3) is 4.57. The molecule has 1 aliphatic heterocycles. The third-order valence-corrected chi connectivity index (χ3v) is 4.97. The van der Waals surface area contributed by atoms with E-state index in [9.17, 15) is 19.3 Å². The highest BCUT2D eigenvalue weighted by atomic mass is 19.1. The number of carbonyl (C=O) groups excluding carboxylic acids is 1. The normalized spacial score (nSPS) is 15.0. The van der Waals surface area contributed by atoms with Gasteiger partial charge in [-0.3, -0.25) is 25.8 Å². The Hall–Kier alpha value is -3.34. The Kier molecular flexibility index (Phi) is 6.17. The van der Waals surface area contributed by atoms with Crippen molar-refractivity contribution < 1.29 is 14.1 Å². The molecule has 0 aliphatic carbocycles. The van der Waals surface area contributed by atoms with E-state index in [1.54, 1.807) is 11.9 Å².